The second-order valence-corrected chi connectivity index (χ2v) is 4.55. The topological polar surface area (TPSA) is 49.4 Å². The van der Waals surface area contributed by atoms with Gasteiger partial charge in [-0.15, -0.1) is 0 Å². The van der Waals surface area contributed by atoms with Gasteiger partial charge in [-0.2, -0.15) is 10.2 Å². The average Bonchev–Trinajstić information content (AvgIpc) is 2.58. The molecular formula is C18H18F2N4. The highest BCUT2D eigenvalue weighted by Gasteiger charge is 2.08. The fourth-order valence-corrected chi connectivity index (χ4v) is 1.82. The molecule has 1 aromatic carbocycles. The van der Waals surface area contributed by atoms with Gasteiger partial charge >= 0.3 is 0 Å². The standard InChI is InChI=1S/C18H18F2N4/c1-4-14-12-17(19)18(20)13-15(14)6-7-16(8-11-22-3)24-23-10-5-9-21-2/h4-5,8-13H,1-3,6-7H2/b9-5-,11-8-,23-10-,24-16-. The molecule has 0 radical (unpaired) electrons. The van der Waals surface area contributed by atoms with E-state index in [1.165, 1.54) is 30.8 Å². The van der Waals surface area contributed by atoms with Crippen LogP contribution in [0.1, 0.15) is 17.5 Å². The van der Waals surface area contributed by atoms with Crippen LogP contribution in [-0.4, -0.2) is 25.4 Å². The van der Waals surface area contributed by atoms with Crippen LogP contribution in [0.3, 0.4) is 0 Å². The van der Waals surface area contributed by atoms with Gasteiger partial charge in [0.05, 0.1) is 11.9 Å². The maximum Gasteiger partial charge on any atom is 0.159 e. The minimum absolute atomic E-state index is 0.443. The fourth-order valence-electron chi connectivity index (χ4n) is 1.82. The van der Waals surface area contributed by atoms with Crippen molar-refractivity contribution in [3.8, 4) is 0 Å². The summed E-state index contributed by atoms with van der Waals surface area (Å²) in [4.78, 5) is 7.15. The summed E-state index contributed by atoms with van der Waals surface area (Å²) in [5.74, 6) is -1.79. The smallest absolute Gasteiger partial charge is 0.159 e. The molecule has 0 spiro atoms. The molecule has 1 aromatic rings. The third-order valence-corrected chi connectivity index (χ3v) is 2.96. The van der Waals surface area contributed by atoms with E-state index in [0.717, 1.165) is 6.07 Å². The molecule has 0 amide bonds. The van der Waals surface area contributed by atoms with E-state index in [2.05, 4.69) is 40.2 Å². The molecule has 0 saturated heterocycles. The third-order valence-electron chi connectivity index (χ3n) is 2.96. The van der Waals surface area contributed by atoms with Crippen LogP contribution in [0.2, 0.25) is 0 Å². The molecule has 6 heteroatoms. The predicted molar refractivity (Wildman–Crippen MR) is 98.1 cm³/mol. The van der Waals surface area contributed by atoms with Crippen molar-refractivity contribution in [3.63, 3.8) is 0 Å². The molecule has 124 valence electrons. The predicted octanol–water partition coefficient (Wildman–Crippen LogP) is 4.40. The van der Waals surface area contributed by atoms with Crippen molar-refractivity contribution < 1.29 is 8.78 Å². The Balaban J connectivity index is 2.92. The van der Waals surface area contributed by atoms with Crippen molar-refractivity contribution in [3.05, 3.63) is 66.0 Å². The SMILES string of the molecule is C=Cc1cc(F)c(F)cc1CCC(/C=C\N=C)=N/N=C\C=C/N=C. The van der Waals surface area contributed by atoms with Crippen molar-refractivity contribution in [2.24, 2.45) is 20.2 Å². The van der Waals surface area contributed by atoms with Crippen LogP contribution < -0.4 is 0 Å². The summed E-state index contributed by atoms with van der Waals surface area (Å²) >= 11 is 0. The zero-order valence-electron chi connectivity index (χ0n) is 13.2. The van der Waals surface area contributed by atoms with Gasteiger partial charge in [0.15, 0.2) is 11.6 Å². The lowest BCUT2D eigenvalue weighted by molar-refractivity contribution is 0.507. The van der Waals surface area contributed by atoms with Gasteiger partial charge in [-0.3, -0.25) is 9.98 Å². The number of benzene rings is 1. The number of nitrogens with zero attached hydrogens (tertiary/aromatic N) is 4. The second kappa shape index (κ2) is 10.7. The van der Waals surface area contributed by atoms with E-state index in [1.807, 2.05) is 0 Å². The van der Waals surface area contributed by atoms with Gasteiger partial charge < -0.3 is 0 Å². The van der Waals surface area contributed by atoms with Gasteiger partial charge in [0.1, 0.15) is 0 Å². The van der Waals surface area contributed by atoms with Crippen LogP contribution in [0.4, 0.5) is 8.78 Å². The number of halogens is 2. The first-order valence-electron chi connectivity index (χ1n) is 7.06. The minimum atomic E-state index is -0.898. The highest BCUT2D eigenvalue weighted by molar-refractivity contribution is 5.95. The molecule has 0 aliphatic rings. The van der Waals surface area contributed by atoms with Crippen LogP contribution in [0.15, 0.2) is 63.5 Å². The molecule has 0 heterocycles. The monoisotopic (exact) mass is 328 g/mol. The normalized spacial score (nSPS) is 12.3. The highest BCUT2D eigenvalue weighted by atomic mass is 19.2. The van der Waals surface area contributed by atoms with Crippen molar-refractivity contribution in [2.75, 3.05) is 0 Å². The Hall–Kier alpha value is -3.02. The van der Waals surface area contributed by atoms with E-state index in [0.29, 0.717) is 29.7 Å². The third kappa shape index (κ3) is 6.39. The number of hydrogen-bond donors (Lipinski definition) is 0. The maximum atomic E-state index is 13.4. The molecule has 0 saturated carbocycles. The molecule has 0 aliphatic heterocycles. The molecule has 0 aliphatic carbocycles. The Labute approximate surface area is 140 Å². The van der Waals surface area contributed by atoms with Gasteiger partial charge in [-0.05, 0) is 61.7 Å². The summed E-state index contributed by atoms with van der Waals surface area (Å²) in [5, 5.41) is 7.92. The van der Waals surface area contributed by atoms with Gasteiger partial charge in [0.2, 0.25) is 0 Å². The van der Waals surface area contributed by atoms with Crippen LogP contribution in [0, 0.1) is 11.6 Å². The van der Waals surface area contributed by atoms with Crippen molar-refractivity contribution >= 4 is 31.4 Å². The van der Waals surface area contributed by atoms with E-state index in [9.17, 15) is 8.78 Å². The first-order chi connectivity index (χ1) is 11.6. The van der Waals surface area contributed by atoms with Crippen LogP contribution in [0.5, 0.6) is 0 Å². The van der Waals surface area contributed by atoms with E-state index in [1.54, 1.807) is 12.2 Å². The Bertz CT molecular complexity index is 716. The Morgan fingerprint density at radius 3 is 2.46 bits per heavy atom. The number of rotatable bonds is 9. The van der Waals surface area contributed by atoms with Gasteiger partial charge in [-0.25, -0.2) is 8.78 Å². The Morgan fingerprint density at radius 2 is 1.79 bits per heavy atom. The highest BCUT2D eigenvalue weighted by Crippen LogP contribution is 2.18. The van der Waals surface area contributed by atoms with E-state index in [-0.39, 0.29) is 0 Å². The summed E-state index contributed by atoms with van der Waals surface area (Å²) in [6.45, 7) is 10.3. The summed E-state index contributed by atoms with van der Waals surface area (Å²) in [7, 11) is 0. The van der Waals surface area contributed by atoms with Crippen LogP contribution in [0.25, 0.3) is 6.08 Å². The largest absolute Gasteiger partial charge is 0.272 e. The zero-order chi connectivity index (χ0) is 17.8. The Morgan fingerprint density at radius 1 is 1.08 bits per heavy atom. The first-order valence-corrected chi connectivity index (χ1v) is 7.06. The molecular weight excluding hydrogens is 310 g/mol. The minimum Gasteiger partial charge on any atom is -0.272 e. The lowest BCUT2D eigenvalue weighted by Gasteiger charge is -2.07. The number of aliphatic imine (C=N–C) groups is 2. The summed E-state index contributed by atoms with van der Waals surface area (Å²) in [5.41, 5.74) is 1.79. The van der Waals surface area contributed by atoms with Crippen molar-refractivity contribution in [1.82, 2.24) is 0 Å². The lowest BCUT2D eigenvalue weighted by atomic mass is 10.0. The van der Waals surface area contributed by atoms with E-state index < -0.39 is 11.6 Å². The Kier molecular flexibility index (Phi) is 8.45. The molecule has 1 rings (SSSR count). The fraction of sp³-hybridized carbons (Fsp3) is 0.111. The quantitative estimate of drug-likeness (QED) is 0.477. The van der Waals surface area contributed by atoms with Gasteiger partial charge in [0.25, 0.3) is 0 Å². The number of allylic oxidation sites excluding steroid dienone is 2. The molecule has 4 nitrogen and oxygen atoms in total. The molecule has 0 N–H and O–H groups in total. The molecule has 0 fully saturated rings. The van der Waals surface area contributed by atoms with Crippen LogP contribution >= 0.6 is 0 Å². The summed E-state index contributed by atoms with van der Waals surface area (Å²) < 4.78 is 26.7. The molecule has 24 heavy (non-hydrogen) atoms. The van der Waals surface area contributed by atoms with Gasteiger partial charge in [0, 0.05) is 12.4 Å². The molecule has 0 aromatic heterocycles. The number of aryl methyl sites for hydroxylation is 1. The number of hydrogen-bond acceptors (Lipinski definition) is 4. The first kappa shape index (κ1) is 19.0. The van der Waals surface area contributed by atoms with E-state index >= 15 is 0 Å². The zero-order valence-corrected chi connectivity index (χ0v) is 13.2. The van der Waals surface area contributed by atoms with Crippen molar-refractivity contribution in [2.45, 2.75) is 12.8 Å². The average molecular weight is 328 g/mol. The second-order valence-electron chi connectivity index (χ2n) is 4.55. The van der Waals surface area contributed by atoms with E-state index in [4.69, 9.17) is 0 Å². The van der Waals surface area contributed by atoms with Crippen molar-refractivity contribution in [1.29, 1.82) is 0 Å². The summed E-state index contributed by atoms with van der Waals surface area (Å²) in [6.07, 6.45) is 10.0. The molecule has 0 atom stereocenters. The lowest BCUT2D eigenvalue weighted by Crippen LogP contribution is -2.00. The summed E-state index contributed by atoms with van der Waals surface area (Å²) in [6, 6.07) is 2.29. The van der Waals surface area contributed by atoms with Gasteiger partial charge in [-0.1, -0.05) is 12.7 Å². The maximum absolute atomic E-state index is 13.4. The molecule has 0 unspecified atom stereocenters. The van der Waals surface area contributed by atoms with Crippen LogP contribution in [-0.2, 0) is 6.42 Å². The molecule has 0 bridgehead atoms.